The van der Waals surface area contributed by atoms with Gasteiger partial charge in [0.2, 0.25) is 5.95 Å². The van der Waals surface area contributed by atoms with Gasteiger partial charge in [-0.1, -0.05) is 23.5 Å². The average molecular weight is 483 g/mol. The van der Waals surface area contributed by atoms with Gasteiger partial charge in [-0.2, -0.15) is 0 Å². The largest absolute Gasteiger partial charge is 0.497 e. The molecule has 170 valence electrons. The number of sulfonamides is 1. The smallest absolute Gasteiger partial charge is 0.261 e. The van der Waals surface area contributed by atoms with Gasteiger partial charge in [0.05, 0.1) is 34.0 Å². The molecule has 0 atom stereocenters. The first-order valence-electron chi connectivity index (χ1n) is 9.90. The number of thiazole rings is 1. The van der Waals surface area contributed by atoms with Crippen LogP contribution in [0.1, 0.15) is 5.69 Å². The fraction of sp³-hybridized carbons (Fsp3) is 0.136. The summed E-state index contributed by atoms with van der Waals surface area (Å²) in [5.74, 6) is 0.905. The third kappa shape index (κ3) is 5.21. The summed E-state index contributed by atoms with van der Waals surface area (Å²) in [4.78, 5) is 14.3. The van der Waals surface area contributed by atoms with Crippen LogP contribution < -0.4 is 20.1 Å². The zero-order valence-electron chi connectivity index (χ0n) is 18.2. The maximum atomic E-state index is 12.9. The Balaban J connectivity index is 1.56. The highest BCUT2D eigenvalue weighted by molar-refractivity contribution is 7.92. The molecule has 0 aliphatic carbocycles. The molecule has 0 unspecified atom stereocenters. The highest BCUT2D eigenvalue weighted by atomic mass is 32.2. The van der Waals surface area contributed by atoms with Gasteiger partial charge in [0.25, 0.3) is 10.0 Å². The molecule has 0 amide bonds. The number of ether oxygens (including phenoxy) is 1. The Bertz CT molecular complexity index is 1390. The highest BCUT2D eigenvalue weighted by Gasteiger charge is 2.16. The first-order chi connectivity index (χ1) is 15.9. The monoisotopic (exact) mass is 482 g/mol. The first-order valence-corrected chi connectivity index (χ1v) is 12.2. The van der Waals surface area contributed by atoms with E-state index >= 15 is 0 Å². The van der Waals surface area contributed by atoms with Crippen molar-refractivity contribution in [1.82, 2.24) is 15.0 Å². The highest BCUT2D eigenvalue weighted by Crippen LogP contribution is 2.32. The molecular formula is C22H22N6O3S2. The molecule has 4 rings (SSSR count). The lowest BCUT2D eigenvalue weighted by atomic mass is 10.3. The molecule has 11 heteroatoms. The van der Waals surface area contributed by atoms with Gasteiger partial charge in [-0.15, -0.1) is 0 Å². The second-order valence-electron chi connectivity index (χ2n) is 6.94. The second-order valence-corrected chi connectivity index (χ2v) is 9.62. The van der Waals surface area contributed by atoms with Crippen LogP contribution in [0.3, 0.4) is 0 Å². The van der Waals surface area contributed by atoms with Crippen LogP contribution in [-0.4, -0.2) is 37.5 Å². The molecule has 2 aromatic heterocycles. The number of nitrogens with zero attached hydrogens (tertiary/aromatic N) is 3. The number of rotatable bonds is 8. The fourth-order valence-corrected chi connectivity index (χ4v) is 5.04. The van der Waals surface area contributed by atoms with Crippen molar-refractivity contribution in [2.24, 2.45) is 0 Å². The van der Waals surface area contributed by atoms with Crippen molar-refractivity contribution < 1.29 is 13.2 Å². The quantitative estimate of drug-likeness (QED) is 0.336. The molecule has 0 aliphatic rings. The van der Waals surface area contributed by atoms with Gasteiger partial charge < -0.3 is 15.4 Å². The van der Waals surface area contributed by atoms with Gasteiger partial charge in [0.1, 0.15) is 5.75 Å². The van der Waals surface area contributed by atoms with Gasteiger partial charge in [-0.3, -0.25) is 4.72 Å². The van der Waals surface area contributed by atoms with E-state index in [1.807, 2.05) is 20.0 Å². The van der Waals surface area contributed by atoms with Crippen molar-refractivity contribution in [3.05, 3.63) is 66.5 Å². The van der Waals surface area contributed by atoms with Gasteiger partial charge in [-0.05, 0) is 43.3 Å². The van der Waals surface area contributed by atoms with Crippen molar-refractivity contribution in [2.75, 3.05) is 29.5 Å². The van der Waals surface area contributed by atoms with Crippen molar-refractivity contribution in [3.63, 3.8) is 0 Å². The van der Waals surface area contributed by atoms with Gasteiger partial charge >= 0.3 is 0 Å². The minimum Gasteiger partial charge on any atom is -0.497 e. The summed E-state index contributed by atoms with van der Waals surface area (Å²) in [5.41, 5.74) is 2.54. The Morgan fingerprint density at radius 2 is 1.79 bits per heavy atom. The topological polar surface area (TPSA) is 118 Å². The van der Waals surface area contributed by atoms with Gasteiger partial charge in [0.15, 0.2) is 5.13 Å². The molecule has 2 aromatic carbocycles. The van der Waals surface area contributed by atoms with Gasteiger partial charge in [0, 0.05) is 25.0 Å². The summed E-state index contributed by atoms with van der Waals surface area (Å²) in [6.07, 6.45) is 1.65. The average Bonchev–Trinajstić information content (AvgIpc) is 3.20. The molecule has 0 aliphatic heterocycles. The molecule has 33 heavy (non-hydrogen) atoms. The first kappa shape index (κ1) is 22.5. The van der Waals surface area contributed by atoms with Gasteiger partial charge in [-0.25, -0.2) is 23.4 Å². The van der Waals surface area contributed by atoms with Crippen LogP contribution >= 0.6 is 11.3 Å². The van der Waals surface area contributed by atoms with Crippen molar-refractivity contribution in [3.8, 4) is 16.3 Å². The molecule has 2 heterocycles. The zero-order chi connectivity index (χ0) is 23.4. The standard InChI is InChI=1S/C22H22N6O3S2/c1-14-20(32-22(23-2)25-14)19-10-11-24-21(27-19)26-15-6-5-9-18(13-15)33(29,30)28-16-7-4-8-17(12-16)31-3/h4-13,28H,1-3H3,(H,23,25)(H,24,26,27). The number of nitrogens with one attached hydrogen (secondary N) is 3. The van der Waals surface area contributed by atoms with E-state index in [9.17, 15) is 8.42 Å². The predicted molar refractivity (Wildman–Crippen MR) is 131 cm³/mol. The van der Waals surface area contributed by atoms with E-state index < -0.39 is 10.0 Å². The Kier molecular flexibility index (Phi) is 6.43. The Morgan fingerprint density at radius 1 is 1.00 bits per heavy atom. The van der Waals surface area contributed by atoms with E-state index in [2.05, 4.69) is 30.3 Å². The third-order valence-electron chi connectivity index (χ3n) is 4.62. The summed E-state index contributed by atoms with van der Waals surface area (Å²) < 4.78 is 33.5. The molecule has 9 nitrogen and oxygen atoms in total. The summed E-state index contributed by atoms with van der Waals surface area (Å²) in [6, 6.07) is 15.0. The van der Waals surface area contributed by atoms with Crippen LogP contribution in [0.25, 0.3) is 10.6 Å². The van der Waals surface area contributed by atoms with E-state index in [4.69, 9.17) is 4.74 Å². The van der Waals surface area contributed by atoms with E-state index in [1.54, 1.807) is 42.6 Å². The lowest BCUT2D eigenvalue weighted by molar-refractivity contribution is 0.415. The van der Waals surface area contributed by atoms with Crippen molar-refractivity contribution in [2.45, 2.75) is 11.8 Å². The summed E-state index contributed by atoms with van der Waals surface area (Å²) in [7, 11) is -0.468. The number of benzene rings is 2. The molecule has 0 radical (unpaired) electrons. The Hall–Kier alpha value is -3.70. The van der Waals surface area contributed by atoms with E-state index in [0.29, 0.717) is 23.1 Å². The van der Waals surface area contributed by atoms with Crippen LogP contribution in [0, 0.1) is 6.92 Å². The number of anilines is 4. The van der Waals surface area contributed by atoms with Crippen molar-refractivity contribution in [1.29, 1.82) is 0 Å². The SMILES string of the molecule is CNc1nc(C)c(-c2ccnc(Nc3cccc(S(=O)(=O)Nc4cccc(OC)c4)c3)n2)s1. The van der Waals surface area contributed by atoms with Crippen LogP contribution in [0.15, 0.2) is 65.7 Å². The molecular weight excluding hydrogens is 460 g/mol. The number of aromatic nitrogens is 3. The fourth-order valence-electron chi connectivity index (χ4n) is 3.06. The minimum absolute atomic E-state index is 0.100. The predicted octanol–water partition coefficient (Wildman–Crippen LogP) is 4.50. The second kappa shape index (κ2) is 9.43. The summed E-state index contributed by atoms with van der Waals surface area (Å²) in [6.45, 7) is 1.92. The zero-order valence-corrected chi connectivity index (χ0v) is 19.8. The lowest BCUT2D eigenvalue weighted by Crippen LogP contribution is -2.13. The van der Waals surface area contributed by atoms with Crippen LogP contribution in [0.2, 0.25) is 0 Å². The van der Waals surface area contributed by atoms with E-state index in [1.165, 1.54) is 30.6 Å². The van der Waals surface area contributed by atoms with E-state index in [-0.39, 0.29) is 4.90 Å². The maximum absolute atomic E-state index is 12.9. The minimum atomic E-state index is -3.81. The lowest BCUT2D eigenvalue weighted by Gasteiger charge is -2.11. The number of methoxy groups -OCH3 is 1. The van der Waals surface area contributed by atoms with Crippen LogP contribution in [-0.2, 0) is 10.0 Å². The number of hydrogen-bond acceptors (Lipinski definition) is 9. The summed E-state index contributed by atoms with van der Waals surface area (Å²) in [5, 5.41) is 6.92. The molecule has 0 fully saturated rings. The normalized spacial score (nSPS) is 11.1. The number of aryl methyl sites for hydroxylation is 1. The summed E-state index contributed by atoms with van der Waals surface area (Å²) >= 11 is 1.50. The van der Waals surface area contributed by atoms with Crippen molar-refractivity contribution >= 4 is 43.8 Å². The molecule has 0 saturated heterocycles. The van der Waals surface area contributed by atoms with Crippen LogP contribution in [0.4, 0.5) is 22.5 Å². The molecule has 0 bridgehead atoms. The van der Waals surface area contributed by atoms with Crippen LogP contribution in [0.5, 0.6) is 5.75 Å². The molecule has 0 spiro atoms. The molecule has 0 saturated carbocycles. The maximum Gasteiger partial charge on any atom is 0.261 e. The Labute approximate surface area is 196 Å². The Morgan fingerprint density at radius 3 is 2.55 bits per heavy atom. The third-order valence-corrected chi connectivity index (χ3v) is 7.20. The molecule has 3 N–H and O–H groups in total. The van der Waals surface area contributed by atoms with E-state index in [0.717, 1.165) is 21.4 Å². The number of hydrogen-bond donors (Lipinski definition) is 3. The molecule has 4 aromatic rings.